The summed E-state index contributed by atoms with van der Waals surface area (Å²) in [5, 5.41) is 2.99. The van der Waals surface area contributed by atoms with Crippen molar-refractivity contribution in [2.75, 3.05) is 18.6 Å². The van der Waals surface area contributed by atoms with Gasteiger partial charge in [0.15, 0.2) is 0 Å². The van der Waals surface area contributed by atoms with Gasteiger partial charge in [0.1, 0.15) is 0 Å². The van der Waals surface area contributed by atoms with Gasteiger partial charge in [0.25, 0.3) is 0 Å². The summed E-state index contributed by atoms with van der Waals surface area (Å²) in [6.45, 7) is 0.795. The summed E-state index contributed by atoms with van der Waals surface area (Å²) in [5.41, 5.74) is 5.95. The average molecular weight is 230 g/mol. The van der Waals surface area contributed by atoms with E-state index in [1.165, 1.54) is 6.42 Å². The average Bonchev–Trinajstić information content (AvgIpc) is 2.25. The Morgan fingerprint density at radius 2 is 2.20 bits per heavy atom. The number of amides is 1. The van der Waals surface area contributed by atoms with E-state index < -0.39 is 0 Å². The molecule has 1 fully saturated rings. The summed E-state index contributed by atoms with van der Waals surface area (Å²) in [6.07, 6.45) is 7.43. The third-order valence-corrected chi connectivity index (χ3v) is 3.68. The molecule has 0 bridgehead atoms. The Labute approximate surface area is 96.6 Å². The lowest BCUT2D eigenvalue weighted by Crippen LogP contribution is -2.43. The molecule has 1 amide bonds. The van der Waals surface area contributed by atoms with Gasteiger partial charge >= 0.3 is 0 Å². The predicted octanol–water partition coefficient (Wildman–Crippen LogP) is 1.37. The van der Waals surface area contributed by atoms with Crippen molar-refractivity contribution >= 4 is 17.7 Å². The molecule has 3 nitrogen and oxygen atoms in total. The first kappa shape index (κ1) is 12.8. The van der Waals surface area contributed by atoms with Crippen molar-refractivity contribution in [3.8, 4) is 0 Å². The van der Waals surface area contributed by atoms with Gasteiger partial charge in [-0.25, -0.2) is 0 Å². The fourth-order valence-electron chi connectivity index (χ4n) is 2.04. The number of thioether (sulfide) groups is 1. The summed E-state index contributed by atoms with van der Waals surface area (Å²) in [6, 6.07) is 0.0827. The zero-order chi connectivity index (χ0) is 11.1. The molecule has 3 N–H and O–H groups in total. The Morgan fingerprint density at radius 1 is 1.47 bits per heavy atom. The molecule has 2 atom stereocenters. The molecule has 0 aromatic carbocycles. The molecule has 1 aliphatic rings. The normalized spacial score (nSPS) is 26.3. The van der Waals surface area contributed by atoms with Crippen molar-refractivity contribution in [2.45, 2.75) is 38.1 Å². The van der Waals surface area contributed by atoms with Crippen LogP contribution in [-0.4, -0.2) is 30.5 Å². The Balaban J connectivity index is 2.20. The third-order valence-electron chi connectivity index (χ3n) is 2.98. The van der Waals surface area contributed by atoms with Gasteiger partial charge in [-0.1, -0.05) is 12.8 Å². The summed E-state index contributed by atoms with van der Waals surface area (Å²) < 4.78 is 0. The maximum absolute atomic E-state index is 11.8. The van der Waals surface area contributed by atoms with Crippen molar-refractivity contribution in [3.63, 3.8) is 0 Å². The first-order chi connectivity index (χ1) is 7.25. The maximum atomic E-state index is 11.8. The molecular formula is C11H22N2OS. The topological polar surface area (TPSA) is 55.1 Å². The van der Waals surface area contributed by atoms with Crippen molar-refractivity contribution in [3.05, 3.63) is 0 Å². The first-order valence-corrected chi connectivity index (χ1v) is 7.17. The summed E-state index contributed by atoms with van der Waals surface area (Å²) in [7, 11) is 0. The smallest absolute Gasteiger partial charge is 0.224 e. The molecule has 4 heteroatoms. The molecular weight excluding hydrogens is 208 g/mol. The van der Waals surface area contributed by atoms with E-state index in [0.717, 1.165) is 38.0 Å². The van der Waals surface area contributed by atoms with E-state index in [1.807, 2.05) is 11.8 Å². The number of rotatable bonds is 5. The van der Waals surface area contributed by atoms with Crippen LogP contribution < -0.4 is 11.1 Å². The Morgan fingerprint density at radius 3 is 2.87 bits per heavy atom. The number of hydrogen-bond donors (Lipinski definition) is 2. The van der Waals surface area contributed by atoms with Gasteiger partial charge < -0.3 is 11.1 Å². The van der Waals surface area contributed by atoms with Gasteiger partial charge in [-0.05, 0) is 31.3 Å². The molecule has 1 rings (SSSR count). The van der Waals surface area contributed by atoms with Crippen LogP contribution in [0.15, 0.2) is 0 Å². The molecule has 0 aromatic heterocycles. The van der Waals surface area contributed by atoms with Crippen molar-refractivity contribution < 1.29 is 4.79 Å². The minimum absolute atomic E-state index is 0.0630. The molecule has 88 valence electrons. The van der Waals surface area contributed by atoms with Gasteiger partial charge in [0, 0.05) is 12.6 Å². The van der Waals surface area contributed by atoms with Gasteiger partial charge in [0.2, 0.25) is 5.91 Å². The summed E-state index contributed by atoms with van der Waals surface area (Å²) in [5.74, 6) is 1.34. The molecule has 0 spiro atoms. The quantitative estimate of drug-likeness (QED) is 0.701. The minimum Gasteiger partial charge on any atom is -0.356 e. The molecule has 1 aliphatic carbocycles. The SMILES string of the molecule is CSCCCNC(=O)C1CCCCC1N. The lowest BCUT2D eigenvalue weighted by atomic mass is 9.84. The summed E-state index contributed by atoms with van der Waals surface area (Å²) >= 11 is 1.81. The zero-order valence-corrected chi connectivity index (χ0v) is 10.3. The van der Waals surface area contributed by atoms with Gasteiger partial charge in [-0.2, -0.15) is 11.8 Å². The van der Waals surface area contributed by atoms with Crippen molar-refractivity contribution in [1.29, 1.82) is 0 Å². The highest BCUT2D eigenvalue weighted by atomic mass is 32.2. The zero-order valence-electron chi connectivity index (χ0n) is 9.50. The third kappa shape index (κ3) is 4.43. The second-order valence-corrected chi connectivity index (χ2v) is 5.18. The molecule has 0 aromatic rings. The van der Waals surface area contributed by atoms with Crippen LogP contribution in [0.25, 0.3) is 0 Å². The van der Waals surface area contributed by atoms with E-state index in [9.17, 15) is 4.79 Å². The fourth-order valence-corrected chi connectivity index (χ4v) is 2.48. The van der Waals surface area contributed by atoms with Crippen LogP contribution in [0.1, 0.15) is 32.1 Å². The summed E-state index contributed by atoms with van der Waals surface area (Å²) in [4.78, 5) is 11.8. The van der Waals surface area contributed by atoms with Crippen LogP contribution in [0.2, 0.25) is 0 Å². The molecule has 0 aliphatic heterocycles. The predicted molar refractivity (Wildman–Crippen MR) is 65.9 cm³/mol. The monoisotopic (exact) mass is 230 g/mol. The molecule has 0 radical (unpaired) electrons. The van der Waals surface area contributed by atoms with Crippen LogP contribution in [-0.2, 0) is 4.79 Å². The van der Waals surface area contributed by atoms with E-state index in [1.54, 1.807) is 0 Å². The van der Waals surface area contributed by atoms with Crippen LogP contribution in [0.5, 0.6) is 0 Å². The second kappa shape index (κ2) is 7.12. The number of carbonyl (C=O) groups is 1. The van der Waals surface area contributed by atoms with Crippen LogP contribution in [0.3, 0.4) is 0 Å². The van der Waals surface area contributed by atoms with Crippen molar-refractivity contribution in [1.82, 2.24) is 5.32 Å². The van der Waals surface area contributed by atoms with Gasteiger partial charge in [0.05, 0.1) is 5.92 Å². The van der Waals surface area contributed by atoms with Crippen molar-refractivity contribution in [2.24, 2.45) is 11.7 Å². The maximum Gasteiger partial charge on any atom is 0.224 e. The van der Waals surface area contributed by atoms with Crippen LogP contribution in [0.4, 0.5) is 0 Å². The Kier molecular flexibility index (Phi) is 6.10. The van der Waals surface area contributed by atoms with E-state index in [-0.39, 0.29) is 17.9 Å². The Hall–Kier alpha value is -0.220. The van der Waals surface area contributed by atoms with Gasteiger partial charge in [-0.3, -0.25) is 4.79 Å². The lowest BCUT2D eigenvalue weighted by molar-refractivity contribution is -0.126. The van der Waals surface area contributed by atoms with Gasteiger partial charge in [-0.15, -0.1) is 0 Å². The highest BCUT2D eigenvalue weighted by Crippen LogP contribution is 2.22. The number of hydrogen-bond acceptors (Lipinski definition) is 3. The standard InChI is InChI=1S/C11H22N2OS/c1-15-8-4-7-13-11(14)9-5-2-3-6-10(9)12/h9-10H,2-8,12H2,1H3,(H,13,14). The fraction of sp³-hybridized carbons (Fsp3) is 0.909. The van der Waals surface area contributed by atoms with E-state index >= 15 is 0 Å². The highest BCUT2D eigenvalue weighted by Gasteiger charge is 2.27. The van der Waals surface area contributed by atoms with Crippen LogP contribution >= 0.6 is 11.8 Å². The number of carbonyl (C=O) groups excluding carboxylic acids is 1. The molecule has 2 unspecified atom stereocenters. The first-order valence-electron chi connectivity index (χ1n) is 5.78. The lowest BCUT2D eigenvalue weighted by Gasteiger charge is -2.27. The minimum atomic E-state index is 0.0630. The highest BCUT2D eigenvalue weighted by molar-refractivity contribution is 7.98. The second-order valence-electron chi connectivity index (χ2n) is 4.19. The van der Waals surface area contributed by atoms with E-state index in [0.29, 0.717) is 0 Å². The molecule has 15 heavy (non-hydrogen) atoms. The molecule has 0 heterocycles. The molecule has 0 saturated heterocycles. The number of nitrogens with one attached hydrogen (secondary N) is 1. The van der Waals surface area contributed by atoms with E-state index in [4.69, 9.17) is 5.73 Å². The molecule has 1 saturated carbocycles. The van der Waals surface area contributed by atoms with E-state index in [2.05, 4.69) is 11.6 Å². The number of nitrogens with two attached hydrogens (primary N) is 1. The Bertz CT molecular complexity index is 199. The largest absolute Gasteiger partial charge is 0.356 e. The van der Waals surface area contributed by atoms with Crippen LogP contribution in [0, 0.1) is 5.92 Å².